The molecule has 0 saturated carbocycles. The zero-order valence-electron chi connectivity index (χ0n) is 15.0. The first-order valence-corrected chi connectivity index (χ1v) is 8.75. The molecule has 0 unspecified atom stereocenters. The van der Waals surface area contributed by atoms with Crippen molar-refractivity contribution in [3.05, 3.63) is 71.8 Å². The summed E-state index contributed by atoms with van der Waals surface area (Å²) in [4.78, 5) is 15.7. The molecular formula is C22H20N2O3. The normalized spacial score (nSPS) is 11.0. The molecule has 0 aliphatic rings. The van der Waals surface area contributed by atoms with Crippen molar-refractivity contribution in [3.63, 3.8) is 0 Å². The molecule has 1 aromatic heterocycles. The van der Waals surface area contributed by atoms with E-state index < -0.39 is 0 Å². The van der Waals surface area contributed by atoms with E-state index in [-0.39, 0.29) is 11.7 Å². The molecule has 0 aliphatic heterocycles. The predicted molar refractivity (Wildman–Crippen MR) is 106 cm³/mol. The van der Waals surface area contributed by atoms with Crippen molar-refractivity contribution in [3.8, 4) is 11.5 Å². The molecule has 27 heavy (non-hydrogen) atoms. The van der Waals surface area contributed by atoms with Gasteiger partial charge in [0.05, 0.1) is 19.0 Å². The number of hydrogen-bond acceptors (Lipinski definition) is 3. The van der Waals surface area contributed by atoms with Crippen LogP contribution in [-0.2, 0) is 17.8 Å². The van der Waals surface area contributed by atoms with Crippen molar-refractivity contribution in [2.24, 2.45) is 0 Å². The summed E-state index contributed by atoms with van der Waals surface area (Å²) in [6, 6.07) is 18.8. The van der Waals surface area contributed by atoms with E-state index in [1.165, 1.54) is 0 Å². The van der Waals surface area contributed by atoms with Gasteiger partial charge in [-0.1, -0.05) is 24.3 Å². The highest BCUT2D eigenvalue weighted by Crippen LogP contribution is 2.29. The fourth-order valence-electron chi connectivity index (χ4n) is 3.24. The predicted octanol–water partition coefficient (Wildman–Crippen LogP) is 3.89. The molecule has 0 atom stereocenters. The maximum atomic E-state index is 12.3. The number of nitrogens with one attached hydrogen (secondary N) is 2. The summed E-state index contributed by atoms with van der Waals surface area (Å²) in [5.41, 5.74) is 3.91. The summed E-state index contributed by atoms with van der Waals surface area (Å²) in [5.74, 6) is 0.984. The van der Waals surface area contributed by atoms with Crippen molar-refractivity contribution in [2.75, 3.05) is 7.11 Å². The highest BCUT2D eigenvalue weighted by molar-refractivity contribution is 6.07. The fourth-order valence-corrected chi connectivity index (χ4v) is 3.24. The Hall–Kier alpha value is -3.47. The van der Waals surface area contributed by atoms with E-state index >= 15 is 0 Å². The molecular weight excluding hydrogens is 340 g/mol. The lowest BCUT2D eigenvalue weighted by Crippen LogP contribution is -2.24. The molecule has 0 radical (unpaired) electrons. The summed E-state index contributed by atoms with van der Waals surface area (Å²) < 4.78 is 5.28. The first-order chi connectivity index (χ1) is 13.1. The molecule has 5 heteroatoms. The van der Waals surface area contributed by atoms with E-state index in [1.807, 2.05) is 36.4 Å². The van der Waals surface area contributed by atoms with Crippen molar-refractivity contribution in [1.29, 1.82) is 0 Å². The monoisotopic (exact) mass is 360 g/mol. The van der Waals surface area contributed by atoms with Gasteiger partial charge in [0.25, 0.3) is 0 Å². The number of fused-ring (bicyclic) bond motifs is 3. The Bertz CT molecular complexity index is 1110. The van der Waals surface area contributed by atoms with Gasteiger partial charge >= 0.3 is 0 Å². The zero-order valence-corrected chi connectivity index (χ0v) is 15.0. The Morgan fingerprint density at radius 3 is 2.37 bits per heavy atom. The number of phenols is 1. The second kappa shape index (κ2) is 7.03. The largest absolute Gasteiger partial charge is 0.508 e. The molecule has 1 heterocycles. The van der Waals surface area contributed by atoms with Crippen LogP contribution in [0.5, 0.6) is 11.5 Å². The minimum absolute atomic E-state index is 0.0415. The Morgan fingerprint density at radius 2 is 1.63 bits per heavy atom. The van der Waals surface area contributed by atoms with E-state index in [9.17, 15) is 9.90 Å². The van der Waals surface area contributed by atoms with Crippen LogP contribution in [0.15, 0.2) is 60.7 Å². The Kier molecular flexibility index (Phi) is 4.42. The zero-order chi connectivity index (χ0) is 18.8. The number of phenolic OH excluding ortho intramolecular Hbond substituents is 1. The molecule has 3 aromatic carbocycles. The van der Waals surface area contributed by atoms with Crippen molar-refractivity contribution in [1.82, 2.24) is 10.3 Å². The Labute approximate surface area is 156 Å². The molecule has 0 bridgehead atoms. The summed E-state index contributed by atoms with van der Waals surface area (Å²) in [5, 5.41) is 14.5. The van der Waals surface area contributed by atoms with Crippen LogP contribution >= 0.6 is 0 Å². The van der Waals surface area contributed by atoms with E-state index in [2.05, 4.69) is 10.3 Å². The third-order valence-corrected chi connectivity index (χ3v) is 4.66. The number of aromatic hydroxyl groups is 1. The van der Waals surface area contributed by atoms with Crippen LogP contribution in [0.3, 0.4) is 0 Å². The first-order valence-electron chi connectivity index (χ1n) is 8.75. The minimum Gasteiger partial charge on any atom is -0.508 e. The average Bonchev–Trinajstić information content (AvgIpc) is 3.04. The highest BCUT2D eigenvalue weighted by atomic mass is 16.5. The van der Waals surface area contributed by atoms with Crippen molar-refractivity contribution >= 4 is 27.7 Å². The van der Waals surface area contributed by atoms with Gasteiger partial charge in [0.1, 0.15) is 11.5 Å². The molecule has 4 rings (SSSR count). The smallest absolute Gasteiger partial charge is 0.224 e. The van der Waals surface area contributed by atoms with Gasteiger partial charge < -0.3 is 20.1 Å². The lowest BCUT2D eigenvalue weighted by molar-refractivity contribution is -0.120. The number of aromatic amines is 1. The number of aromatic nitrogens is 1. The molecule has 4 aromatic rings. The van der Waals surface area contributed by atoms with Gasteiger partial charge in [0.2, 0.25) is 5.91 Å². The van der Waals surface area contributed by atoms with Gasteiger partial charge in [0.15, 0.2) is 0 Å². The molecule has 1 amide bonds. The number of H-pyrrole nitrogens is 1. The number of hydrogen-bond donors (Lipinski definition) is 3. The van der Waals surface area contributed by atoms with E-state index in [0.29, 0.717) is 13.0 Å². The lowest BCUT2D eigenvalue weighted by atomic mass is 10.1. The number of rotatable bonds is 5. The molecule has 0 aliphatic carbocycles. The molecule has 136 valence electrons. The fraction of sp³-hybridized carbons (Fsp3) is 0.136. The van der Waals surface area contributed by atoms with E-state index in [0.717, 1.165) is 38.7 Å². The molecule has 0 fully saturated rings. The second-order valence-electron chi connectivity index (χ2n) is 6.54. The summed E-state index contributed by atoms with van der Waals surface area (Å²) in [7, 11) is 1.65. The van der Waals surface area contributed by atoms with Gasteiger partial charge in [0, 0.05) is 28.9 Å². The number of benzene rings is 3. The number of methoxy groups -OCH3 is 1. The van der Waals surface area contributed by atoms with E-state index in [4.69, 9.17) is 4.74 Å². The van der Waals surface area contributed by atoms with Crippen LogP contribution < -0.4 is 10.1 Å². The molecule has 5 nitrogen and oxygen atoms in total. The van der Waals surface area contributed by atoms with Gasteiger partial charge in [-0.05, 0) is 41.5 Å². The molecule has 0 spiro atoms. The molecule has 0 saturated heterocycles. The lowest BCUT2D eigenvalue weighted by Gasteiger charge is -2.06. The Balaban J connectivity index is 1.49. The van der Waals surface area contributed by atoms with Crippen molar-refractivity contribution < 1.29 is 14.6 Å². The minimum atomic E-state index is -0.0415. The standard InChI is InChI=1S/C22H20N2O3/c1-27-17-7-9-19-18-8-4-15(10-20(18)24-21(19)12-17)11-22(26)23-13-14-2-5-16(25)6-3-14/h2-10,12,24-25H,11,13H2,1H3,(H,23,26). The van der Waals surface area contributed by atoms with Crippen LogP contribution in [0.2, 0.25) is 0 Å². The van der Waals surface area contributed by atoms with Gasteiger partial charge in [-0.15, -0.1) is 0 Å². The van der Waals surface area contributed by atoms with Crippen LogP contribution in [-0.4, -0.2) is 23.1 Å². The maximum absolute atomic E-state index is 12.3. The third-order valence-electron chi connectivity index (χ3n) is 4.66. The van der Waals surface area contributed by atoms with E-state index in [1.54, 1.807) is 31.4 Å². The van der Waals surface area contributed by atoms with Gasteiger partial charge in [-0.3, -0.25) is 4.79 Å². The summed E-state index contributed by atoms with van der Waals surface area (Å²) >= 11 is 0. The third kappa shape index (κ3) is 3.58. The number of ether oxygens (including phenoxy) is 1. The van der Waals surface area contributed by atoms with Crippen LogP contribution in [0.25, 0.3) is 21.8 Å². The molecule has 3 N–H and O–H groups in total. The van der Waals surface area contributed by atoms with Gasteiger partial charge in [-0.25, -0.2) is 0 Å². The topological polar surface area (TPSA) is 74.4 Å². The average molecular weight is 360 g/mol. The highest BCUT2D eigenvalue weighted by Gasteiger charge is 2.09. The number of carbonyl (C=O) groups is 1. The van der Waals surface area contributed by atoms with Crippen molar-refractivity contribution in [2.45, 2.75) is 13.0 Å². The van der Waals surface area contributed by atoms with Crippen LogP contribution in [0.1, 0.15) is 11.1 Å². The number of carbonyl (C=O) groups excluding carboxylic acids is 1. The summed E-state index contributed by atoms with van der Waals surface area (Å²) in [6.45, 7) is 0.438. The number of amides is 1. The summed E-state index contributed by atoms with van der Waals surface area (Å²) in [6.07, 6.45) is 0.312. The first kappa shape index (κ1) is 17.0. The Morgan fingerprint density at radius 1 is 0.963 bits per heavy atom. The maximum Gasteiger partial charge on any atom is 0.224 e. The second-order valence-corrected chi connectivity index (χ2v) is 6.54. The SMILES string of the molecule is COc1ccc2c(c1)[nH]c1cc(CC(=O)NCc3ccc(O)cc3)ccc12. The van der Waals surface area contributed by atoms with Crippen LogP contribution in [0, 0.1) is 0 Å². The quantitative estimate of drug-likeness (QED) is 0.505. The van der Waals surface area contributed by atoms with Crippen LogP contribution in [0.4, 0.5) is 0 Å². The van der Waals surface area contributed by atoms with Gasteiger partial charge in [-0.2, -0.15) is 0 Å².